The number of hydrogen-bond acceptors (Lipinski definition) is 11. The molecule has 222 valence electrons. The highest BCUT2D eigenvalue weighted by Gasteiger charge is 2.40. The van der Waals surface area contributed by atoms with Crippen LogP contribution in [-0.4, -0.2) is 24.6 Å². The number of nitro benzene ring substituents is 4. The maximum atomic E-state index is 11.5. The molecule has 4 aromatic rings. The van der Waals surface area contributed by atoms with Crippen LogP contribution in [0.4, 0.5) is 22.7 Å². The second kappa shape index (κ2) is 13.1. The summed E-state index contributed by atoms with van der Waals surface area (Å²) >= 11 is 0. The van der Waals surface area contributed by atoms with Crippen molar-refractivity contribution in [1.82, 2.24) is 0 Å². The molecule has 1 N–H and O–H groups in total. The van der Waals surface area contributed by atoms with Crippen LogP contribution < -0.4 is 0 Å². The Kier molecular flexibility index (Phi) is 9.32. The van der Waals surface area contributed by atoms with Gasteiger partial charge in [-0.2, -0.15) is 13.9 Å². The lowest BCUT2D eigenvalue weighted by Gasteiger charge is -2.12. The zero-order chi connectivity index (χ0) is 32.0. The predicted octanol–water partition coefficient (Wildman–Crippen LogP) is 6.73. The van der Waals surface area contributed by atoms with Crippen molar-refractivity contribution in [3.8, 4) is 34.3 Å². The van der Waals surface area contributed by atoms with Crippen molar-refractivity contribution >= 4 is 30.7 Å². The molecule has 15 nitrogen and oxygen atoms in total. The third-order valence-corrected chi connectivity index (χ3v) is 7.58. The van der Waals surface area contributed by atoms with Gasteiger partial charge in [0.25, 0.3) is 0 Å². The first-order chi connectivity index (χ1) is 20.9. The largest absolute Gasteiger partial charge is 0.496 e. The maximum absolute atomic E-state index is 11.5. The summed E-state index contributed by atoms with van der Waals surface area (Å²) in [6.45, 7) is -0.387. The molecule has 0 saturated carbocycles. The molecule has 0 spiro atoms. The number of benzene rings is 4. The van der Waals surface area contributed by atoms with Crippen LogP contribution in [0.1, 0.15) is 11.1 Å². The van der Waals surface area contributed by atoms with E-state index in [1.807, 2.05) is 0 Å². The van der Waals surface area contributed by atoms with Gasteiger partial charge in [0.2, 0.25) is 0 Å². The Labute approximate surface area is 248 Å². The highest BCUT2D eigenvalue weighted by molar-refractivity contribution is 7.65. The maximum Gasteiger partial charge on any atom is 0.496 e. The molecule has 44 heavy (non-hydrogen) atoms. The van der Waals surface area contributed by atoms with Gasteiger partial charge >= 0.3 is 30.7 Å². The van der Waals surface area contributed by atoms with Crippen molar-refractivity contribution in [3.05, 3.63) is 137 Å². The summed E-state index contributed by atoms with van der Waals surface area (Å²) < 4.78 is 11.0. The number of nitrogens with zero attached hydrogens (tertiary/aromatic N) is 4. The SMILES string of the molecule is C#C[P+](O)(OCc1ccc(-c2cccc([N+](=O)[O-])c2[N+](=O)[O-])cc1)OCc1ccc(-c2cccc([N+](=O)[O-])c2[N+](=O)[O-])cc1. The number of nitro groups is 4. The summed E-state index contributed by atoms with van der Waals surface area (Å²) in [6.07, 6.45) is 5.46. The van der Waals surface area contributed by atoms with E-state index >= 15 is 0 Å². The first-order valence-corrected chi connectivity index (χ1v) is 13.9. The van der Waals surface area contributed by atoms with Crippen LogP contribution >= 0.6 is 7.94 Å². The lowest BCUT2D eigenvalue weighted by Crippen LogP contribution is -2.02. The summed E-state index contributed by atoms with van der Waals surface area (Å²) in [5.41, 5.74) is 1.39. The van der Waals surface area contributed by atoms with Crippen LogP contribution in [0, 0.1) is 52.5 Å². The fourth-order valence-electron chi connectivity index (χ4n) is 4.20. The minimum atomic E-state index is -3.80. The molecule has 4 rings (SSSR count). The predicted molar refractivity (Wildman–Crippen MR) is 158 cm³/mol. The molecule has 4 aromatic carbocycles. The minimum Gasteiger partial charge on any atom is -0.258 e. The average molecular weight is 619 g/mol. The Hall–Kier alpha value is -5.65. The van der Waals surface area contributed by atoms with Crippen LogP contribution in [-0.2, 0) is 22.3 Å². The molecule has 0 aliphatic heterocycles. The highest BCUT2D eigenvalue weighted by Crippen LogP contribution is 2.57. The third kappa shape index (κ3) is 6.86. The van der Waals surface area contributed by atoms with Crippen molar-refractivity contribution in [2.45, 2.75) is 13.2 Å². The fourth-order valence-corrected chi connectivity index (χ4v) is 5.08. The molecule has 16 heteroatoms. The number of hydrogen-bond donors (Lipinski definition) is 1. The van der Waals surface area contributed by atoms with Gasteiger partial charge in [-0.3, -0.25) is 40.5 Å². The molecule has 0 amide bonds. The van der Waals surface area contributed by atoms with Gasteiger partial charge in [-0.15, -0.1) is 0 Å². The fraction of sp³-hybridized carbons (Fsp3) is 0.0714. The molecule has 0 heterocycles. The van der Waals surface area contributed by atoms with Crippen LogP contribution in [0.2, 0.25) is 0 Å². The monoisotopic (exact) mass is 619 g/mol. The molecule has 0 atom stereocenters. The second-order valence-electron chi connectivity index (χ2n) is 8.97. The van der Waals surface area contributed by atoms with Gasteiger partial charge in [0.1, 0.15) is 13.2 Å². The van der Waals surface area contributed by atoms with E-state index in [1.54, 1.807) is 24.3 Å². The zero-order valence-electron chi connectivity index (χ0n) is 22.3. The van der Waals surface area contributed by atoms with E-state index in [-0.39, 0.29) is 24.3 Å². The Bertz CT molecular complexity index is 1680. The molecule has 0 fully saturated rings. The van der Waals surface area contributed by atoms with Gasteiger partial charge < -0.3 is 0 Å². The normalized spacial score (nSPS) is 11.0. The van der Waals surface area contributed by atoms with E-state index in [9.17, 15) is 45.4 Å². The summed E-state index contributed by atoms with van der Waals surface area (Å²) in [6, 6.07) is 19.8. The lowest BCUT2D eigenvalue weighted by molar-refractivity contribution is -0.422. The van der Waals surface area contributed by atoms with Crippen LogP contribution in [0.25, 0.3) is 22.3 Å². The second-order valence-corrected chi connectivity index (χ2v) is 10.8. The smallest absolute Gasteiger partial charge is 0.258 e. The molecular weight excluding hydrogens is 599 g/mol. The van der Waals surface area contributed by atoms with E-state index in [2.05, 4.69) is 5.66 Å². The van der Waals surface area contributed by atoms with E-state index in [1.165, 1.54) is 48.5 Å². The topological polar surface area (TPSA) is 211 Å². The third-order valence-electron chi connectivity index (χ3n) is 6.29. The van der Waals surface area contributed by atoms with Gasteiger partial charge in [0, 0.05) is 12.1 Å². The highest BCUT2D eigenvalue weighted by atomic mass is 31.2. The van der Waals surface area contributed by atoms with Gasteiger partial charge in [-0.1, -0.05) is 67.1 Å². The van der Waals surface area contributed by atoms with Gasteiger partial charge in [-0.25, -0.2) is 0 Å². The van der Waals surface area contributed by atoms with E-state index in [0.29, 0.717) is 22.3 Å². The molecule has 0 aliphatic carbocycles. The number of terminal acetylenes is 1. The Morgan fingerprint density at radius 3 is 1.27 bits per heavy atom. The van der Waals surface area contributed by atoms with Gasteiger partial charge in [-0.05, 0) is 34.4 Å². The first-order valence-electron chi connectivity index (χ1n) is 12.3. The van der Waals surface area contributed by atoms with Crippen molar-refractivity contribution in [2.75, 3.05) is 0 Å². The van der Waals surface area contributed by atoms with E-state index < -0.39 is 50.4 Å². The lowest BCUT2D eigenvalue weighted by atomic mass is 10.0. The molecule has 0 aromatic heterocycles. The quantitative estimate of drug-likeness (QED) is 0.0759. The van der Waals surface area contributed by atoms with Crippen LogP contribution in [0.15, 0.2) is 84.9 Å². The Morgan fingerprint density at radius 2 is 0.977 bits per heavy atom. The summed E-state index contributed by atoms with van der Waals surface area (Å²) in [7, 11) is -3.80. The van der Waals surface area contributed by atoms with E-state index in [4.69, 9.17) is 15.5 Å². The van der Waals surface area contributed by atoms with Crippen molar-refractivity contribution in [1.29, 1.82) is 0 Å². The number of para-hydroxylation sites is 2. The molecule has 0 unspecified atom stereocenters. The standard InChI is InChI=1S/C28H20N4O11P/c1-2-44(41,42-17-19-9-13-21(14-10-19)23-5-3-7-25(29(33)34)27(23)31(37)38)43-18-20-11-15-22(16-12-20)24-6-4-8-26(30(35)36)28(24)32(39)40/h1,3-16,41H,17-18H2/q+1. The van der Waals surface area contributed by atoms with Gasteiger partial charge in [0.15, 0.2) is 5.66 Å². The molecule has 0 bridgehead atoms. The van der Waals surface area contributed by atoms with Crippen molar-refractivity contribution < 1.29 is 33.6 Å². The van der Waals surface area contributed by atoms with Crippen molar-refractivity contribution in [2.24, 2.45) is 0 Å². The number of rotatable bonds is 12. The summed E-state index contributed by atoms with van der Waals surface area (Å²) in [4.78, 5) is 53.0. The van der Waals surface area contributed by atoms with E-state index in [0.717, 1.165) is 12.1 Å². The minimum absolute atomic E-state index is 0.0544. The summed E-state index contributed by atoms with van der Waals surface area (Å²) in [5.74, 6) is 0. The summed E-state index contributed by atoms with van der Waals surface area (Å²) in [5, 5.41) is 45.6. The van der Waals surface area contributed by atoms with Crippen molar-refractivity contribution in [3.63, 3.8) is 0 Å². The molecule has 0 saturated heterocycles. The zero-order valence-corrected chi connectivity index (χ0v) is 23.2. The first kappa shape index (κ1) is 31.3. The average Bonchev–Trinajstić information content (AvgIpc) is 3.02. The Morgan fingerprint density at radius 1 is 0.614 bits per heavy atom. The molecular formula is C28H20N4O11P+. The molecule has 0 aliphatic rings. The molecule has 0 radical (unpaired) electrons. The Balaban J connectivity index is 1.43. The van der Waals surface area contributed by atoms with Crippen LogP contribution in [0.3, 0.4) is 0 Å². The van der Waals surface area contributed by atoms with Crippen LogP contribution in [0.5, 0.6) is 0 Å². The van der Waals surface area contributed by atoms with Gasteiger partial charge in [0.05, 0.1) is 30.8 Å².